The third-order valence-corrected chi connectivity index (χ3v) is 4.74. The molecule has 27 heavy (non-hydrogen) atoms. The van der Waals surface area contributed by atoms with Crippen LogP contribution in [-0.4, -0.2) is 44.5 Å². The number of benzene rings is 1. The second-order valence-corrected chi connectivity index (χ2v) is 6.47. The van der Waals surface area contributed by atoms with Gasteiger partial charge in [-0.25, -0.2) is 4.98 Å². The molecular formula is C19H19N5O3. The molecule has 8 nitrogen and oxygen atoms in total. The fraction of sp³-hybridized carbons (Fsp3) is 0.263. The zero-order chi connectivity index (χ0) is 19.0. The van der Waals surface area contributed by atoms with Crippen molar-refractivity contribution in [3.63, 3.8) is 0 Å². The van der Waals surface area contributed by atoms with Gasteiger partial charge in [-0.2, -0.15) is 0 Å². The molecule has 0 saturated heterocycles. The lowest BCUT2D eigenvalue weighted by Crippen LogP contribution is -2.34. The van der Waals surface area contributed by atoms with E-state index in [1.807, 2.05) is 34.9 Å². The number of amides is 2. The second kappa shape index (κ2) is 6.71. The fourth-order valence-corrected chi connectivity index (χ4v) is 3.32. The Morgan fingerprint density at radius 3 is 2.67 bits per heavy atom. The number of imidazole rings is 1. The summed E-state index contributed by atoms with van der Waals surface area (Å²) >= 11 is 0. The lowest BCUT2D eigenvalue weighted by molar-refractivity contribution is 0.0757. The second-order valence-electron chi connectivity index (χ2n) is 6.47. The van der Waals surface area contributed by atoms with Crippen LogP contribution in [0.1, 0.15) is 32.4 Å². The number of nitrogens with zero attached hydrogens (tertiary/aromatic N) is 4. The first-order valence-corrected chi connectivity index (χ1v) is 8.71. The predicted molar refractivity (Wildman–Crippen MR) is 97.0 cm³/mol. The van der Waals surface area contributed by atoms with Gasteiger partial charge in [-0.3, -0.25) is 9.59 Å². The highest BCUT2D eigenvalue weighted by Crippen LogP contribution is 2.26. The van der Waals surface area contributed by atoms with Crippen LogP contribution in [-0.2, 0) is 13.0 Å². The quantitative estimate of drug-likeness (QED) is 0.759. The van der Waals surface area contributed by atoms with Gasteiger partial charge in [0.1, 0.15) is 28.5 Å². The third kappa shape index (κ3) is 3.10. The van der Waals surface area contributed by atoms with Gasteiger partial charge in [0.25, 0.3) is 11.8 Å². The molecule has 138 valence electrons. The molecule has 1 aliphatic rings. The standard InChI is InChI=1S/C19H19N5O3/c1-12-16(17(22-27-12)13-5-3-2-4-6-13)19(26)23-8-7-15-21-14(18(20)25)11-24(15)10-9-23/h2-6,11H,7-10H2,1H3,(H2,20,25). The highest BCUT2D eigenvalue weighted by atomic mass is 16.5. The number of rotatable bonds is 3. The molecule has 2 N–H and O–H groups in total. The van der Waals surface area contributed by atoms with Crippen molar-refractivity contribution in [2.75, 3.05) is 13.1 Å². The van der Waals surface area contributed by atoms with E-state index in [4.69, 9.17) is 10.3 Å². The number of hydrogen-bond acceptors (Lipinski definition) is 5. The summed E-state index contributed by atoms with van der Waals surface area (Å²) in [7, 11) is 0. The summed E-state index contributed by atoms with van der Waals surface area (Å²) in [6.45, 7) is 3.28. The number of primary amides is 1. The maximum Gasteiger partial charge on any atom is 0.268 e. The summed E-state index contributed by atoms with van der Waals surface area (Å²) in [6, 6.07) is 9.51. The van der Waals surface area contributed by atoms with Crippen molar-refractivity contribution < 1.29 is 14.1 Å². The van der Waals surface area contributed by atoms with Crippen LogP contribution in [0.3, 0.4) is 0 Å². The first-order valence-electron chi connectivity index (χ1n) is 8.71. The van der Waals surface area contributed by atoms with Crippen LogP contribution in [0.15, 0.2) is 41.1 Å². The molecule has 3 heterocycles. The molecule has 8 heteroatoms. The van der Waals surface area contributed by atoms with Crippen molar-refractivity contribution in [1.29, 1.82) is 0 Å². The van der Waals surface area contributed by atoms with Crippen LogP contribution >= 0.6 is 0 Å². The summed E-state index contributed by atoms with van der Waals surface area (Å²) in [5, 5.41) is 4.09. The first-order chi connectivity index (χ1) is 13.0. The Bertz CT molecular complexity index is 980. The van der Waals surface area contributed by atoms with Crippen LogP contribution in [0, 0.1) is 6.92 Å². The smallest absolute Gasteiger partial charge is 0.268 e. The molecule has 0 aliphatic carbocycles. The summed E-state index contributed by atoms with van der Waals surface area (Å²) in [4.78, 5) is 30.5. The minimum atomic E-state index is -0.545. The lowest BCUT2D eigenvalue weighted by Gasteiger charge is -2.20. The third-order valence-electron chi connectivity index (χ3n) is 4.74. The van der Waals surface area contributed by atoms with Crippen molar-refractivity contribution >= 4 is 11.8 Å². The monoisotopic (exact) mass is 365 g/mol. The number of aryl methyl sites for hydroxylation is 1. The summed E-state index contributed by atoms with van der Waals surface area (Å²) in [5.74, 6) is 0.589. The van der Waals surface area contributed by atoms with Crippen LogP contribution in [0.5, 0.6) is 0 Å². The maximum absolute atomic E-state index is 13.2. The van der Waals surface area contributed by atoms with Gasteiger partial charge in [0.15, 0.2) is 0 Å². The molecule has 3 aromatic rings. The number of aromatic nitrogens is 3. The molecule has 0 fully saturated rings. The fourth-order valence-electron chi connectivity index (χ4n) is 3.32. The van der Waals surface area contributed by atoms with E-state index >= 15 is 0 Å². The molecule has 0 unspecified atom stereocenters. The van der Waals surface area contributed by atoms with Gasteiger partial charge >= 0.3 is 0 Å². The largest absolute Gasteiger partial charge is 0.364 e. The topological polar surface area (TPSA) is 107 Å². The Kier molecular flexibility index (Phi) is 4.23. The molecule has 0 bridgehead atoms. The Labute approximate surface area is 155 Å². The van der Waals surface area contributed by atoms with E-state index in [1.54, 1.807) is 18.0 Å². The zero-order valence-corrected chi connectivity index (χ0v) is 14.9. The molecule has 2 amide bonds. The van der Waals surface area contributed by atoms with E-state index in [0.717, 1.165) is 11.4 Å². The molecule has 1 aromatic carbocycles. The zero-order valence-electron chi connectivity index (χ0n) is 14.9. The summed E-state index contributed by atoms with van der Waals surface area (Å²) in [6.07, 6.45) is 2.19. The number of hydrogen-bond donors (Lipinski definition) is 1. The number of nitrogens with two attached hydrogens (primary N) is 1. The van der Waals surface area contributed by atoms with Crippen molar-refractivity contribution in [2.45, 2.75) is 19.9 Å². The molecule has 0 saturated carbocycles. The Morgan fingerprint density at radius 1 is 1.15 bits per heavy atom. The summed E-state index contributed by atoms with van der Waals surface area (Å²) < 4.78 is 7.20. The van der Waals surface area contributed by atoms with Crippen LogP contribution in [0.25, 0.3) is 11.3 Å². The van der Waals surface area contributed by atoms with Crippen molar-refractivity contribution in [1.82, 2.24) is 19.6 Å². The van der Waals surface area contributed by atoms with Crippen LogP contribution < -0.4 is 5.73 Å². The molecule has 0 atom stereocenters. The van der Waals surface area contributed by atoms with Gasteiger partial charge < -0.3 is 19.7 Å². The van der Waals surface area contributed by atoms with Gasteiger partial charge in [-0.15, -0.1) is 0 Å². The van der Waals surface area contributed by atoms with E-state index in [-0.39, 0.29) is 11.6 Å². The van der Waals surface area contributed by atoms with E-state index in [0.29, 0.717) is 43.1 Å². The van der Waals surface area contributed by atoms with Crippen molar-refractivity contribution in [3.8, 4) is 11.3 Å². The van der Waals surface area contributed by atoms with Gasteiger partial charge in [0.2, 0.25) is 0 Å². The molecule has 4 rings (SSSR count). The predicted octanol–water partition coefficient (Wildman–Crippen LogP) is 1.64. The first kappa shape index (κ1) is 17.0. The van der Waals surface area contributed by atoms with Gasteiger partial charge in [0, 0.05) is 37.8 Å². The molecule has 0 radical (unpaired) electrons. The molecule has 1 aliphatic heterocycles. The normalized spacial score (nSPS) is 13.9. The van der Waals surface area contributed by atoms with Crippen molar-refractivity contribution in [2.24, 2.45) is 5.73 Å². The van der Waals surface area contributed by atoms with Crippen LogP contribution in [0.4, 0.5) is 0 Å². The summed E-state index contributed by atoms with van der Waals surface area (Å²) in [5.41, 5.74) is 7.43. The average Bonchev–Trinajstić information content (AvgIpc) is 3.20. The number of fused-ring (bicyclic) bond motifs is 1. The van der Waals surface area contributed by atoms with E-state index in [1.165, 1.54) is 0 Å². The van der Waals surface area contributed by atoms with E-state index < -0.39 is 5.91 Å². The Morgan fingerprint density at radius 2 is 1.93 bits per heavy atom. The minimum absolute atomic E-state index is 0.117. The van der Waals surface area contributed by atoms with Gasteiger partial charge in [-0.1, -0.05) is 35.5 Å². The van der Waals surface area contributed by atoms with Gasteiger partial charge in [-0.05, 0) is 6.92 Å². The minimum Gasteiger partial charge on any atom is -0.364 e. The highest BCUT2D eigenvalue weighted by Gasteiger charge is 2.28. The molecule has 2 aromatic heterocycles. The van der Waals surface area contributed by atoms with E-state index in [9.17, 15) is 9.59 Å². The SMILES string of the molecule is Cc1onc(-c2ccccc2)c1C(=O)N1CCc2nc(C(N)=O)cn2CC1. The average molecular weight is 365 g/mol. The van der Waals surface area contributed by atoms with Crippen LogP contribution in [0.2, 0.25) is 0 Å². The van der Waals surface area contributed by atoms with E-state index in [2.05, 4.69) is 10.1 Å². The Balaban J connectivity index is 1.59. The molecular weight excluding hydrogens is 346 g/mol. The Hall–Kier alpha value is -3.42. The number of carbonyl (C=O) groups is 2. The van der Waals surface area contributed by atoms with Gasteiger partial charge in [0.05, 0.1) is 0 Å². The lowest BCUT2D eigenvalue weighted by atomic mass is 10.1. The maximum atomic E-state index is 13.2. The van der Waals surface area contributed by atoms with Crippen molar-refractivity contribution in [3.05, 3.63) is 59.4 Å². The molecule has 0 spiro atoms. The highest BCUT2D eigenvalue weighted by molar-refractivity contribution is 6.00. The number of carbonyl (C=O) groups excluding carboxylic acids is 2.